The minimum absolute atomic E-state index is 0.404. The number of aliphatic hydroxyl groups is 1. The van der Waals surface area contributed by atoms with Gasteiger partial charge in [0, 0.05) is 10.9 Å². The van der Waals surface area contributed by atoms with Gasteiger partial charge in [0.15, 0.2) is 0 Å². The highest BCUT2D eigenvalue weighted by molar-refractivity contribution is 7.09. The Labute approximate surface area is 118 Å². The van der Waals surface area contributed by atoms with Crippen LogP contribution in [0.2, 0.25) is 0 Å². The third-order valence-corrected chi connectivity index (χ3v) is 3.92. The normalized spacial score (nSPS) is 12.7. The molecule has 0 aromatic carbocycles. The van der Waals surface area contributed by atoms with Gasteiger partial charge in [0.1, 0.15) is 0 Å². The van der Waals surface area contributed by atoms with E-state index in [2.05, 4.69) is 41.2 Å². The van der Waals surface area contributed by atoms with Crippen molar-refractivity contribution in [3.8, 4) is 0 Å². The van der Waals surface area contributed by atoms with E-state index >= 15 is 0 Å². The molecule has 1 atom stereocenters. The summed E-state index contributed by atoms with van der Waals surface area (Å²) >= 11 is 1.77. The molecule has 102 valence electrons. The molecule has 0 aliphatic heterocycles. The summed E-state index contributed by atoms with van der Waals surface area (Å²) < 4.78 is 0. The SMILES string of the molecule is CC(C)N(Cc1cccs1)c1ccc([C@@H](C)O)nc1. The van der Waals surface area contributed by atoms with E-state index < -0.39 is 6.10 Å². The number of aromatic nitrogens is 1. The third kappa shape index (κ3) is 3.55. The second-order valence-electron chi connectivity index (χ2n) is 4.92. The van der Waals surface area contributed by atoms with Crippen LogP contribution in [0.1, 0.15) is 37.4 Å². The Kier molecular flexibility index (Phi) is 4.56. The Bertz CT molecular complexity index is 491. The second-order valence-corrected chi connectivity index (χ2v) is 5.95. The molecule has 2 aromatic heterocycles. The molecule has 0 bridgehead atoms. The fourth-order valence-electron chi connectivity index (χ4n) is 1.96. The predicted molar refractivity (Wildman–Crippen MR) is 80.5 cm³/mol. The first kappa shape index (κ1) is 14.0. The molecule has 3 nitrogen and oxygen atoms in total. The maximum Gasteiger partial charge on any atom is 0.0931 e. The molecular formula is C15H20N2OS. The fourth-order valence-corrected chi connectivity index (χ4v) is 2.66. The molecule has 2 aromatic rings. The highest BCUT2D eigenvalue weighted by Crippen LogP contribution is 2.22. The van der Waals surface area contributed by atoms with Crippen LogP contribution in [0.5, 0.6) is 0 Å². The third-order valence-electron chi connectivity index (χ3n) is 3.06. The minimum atomic E-state index is -0.515. The number of nitrogens with zero attached hydrogens (tertiary/aromatic N) is 2. The van der Waals surface area contributed by atoms with Crippen molar-refractivity contribution >= 4 is 17.0 Å². The summed E-state index contributed by atoms with van der Waals surface area (Å²) in [5.74, 6) is 0. The van der Waals surface area contributed by atoms with Crippen LogP contribution in [0, 0.1) is 0 Å². The molecular weight excluding hydrogens is 256 g/mol. The summed E-state index contributed by atoms with van der Waals surface area (Å²) in [6, 6.07) is 8.55. The van der Waals surface area contributed by atoms with Gasteiger partial charge in [-0.3, -0.25) is 4.98 Å². The van der Waals surface area contributed by atoms with Gasteiger partial charge in [-0.2, -0.15) is 0 Å². The van der Waals surface area contributed by atoms with Gasteiger partial charge in [-0.05, 0) is 44.4 Å². The lowest BCUT2D eigenvalue weighted by Gasteiger charge is -2.28. The van der Waals surface area contributed by atoms with E-state index in [4.69, 9.17) is 0 Å². The number of hydrogen-bond donors (Lipinski definition) is 1. The zero-order chi connectivity index (χ0) is 13.8. The first-order valence-electron chi connectivity index (χ1n) is 6.51. The highest BCUT2D eigenvalue weighted by atomic mass is 32.1. The molecule has 0 aliphatic rings. The molecule has 0 aliphatic carbocycles. The standard InChI is InChI=1S/C15H20N2OS/c1-11(2)17(10-14-5-4-8-19-14)13-6-7-15(12(3)18)16-9-13/h4-9,11-12,18H,10H2,1-3H3/t12-/m1/s1. The van der Waals surface area contributed by atoms with Crippen LogP contribution in [0.15, 0.2) is 35.8 Å². The van der Waals surface area contributed by atoms with Gasteiger partial charge in [0.2, 0.25) is 0 Å². The first-order valence-corrected chi connectivity index (χ1v) is 7.39. The van der Waals surface area contributed by atoms with Crippen molar-refractivity contribution < 1.29 is 5.11 Å². The summed E-state index contributed by atoms with van der Waals surface area (Å²) in [4.78, 5) is 7.97. The van der Waals surface area contributed by atoms with Crippen LogP contribution in [0.4, 0.5) is 5.69 Å². The van der Waals surface area contributed by atoms with Gasteiger partial charge in [-0.15, -0.1) is 11.3 Å². The number of thiophene rings is 1. The second kappa shape index (κ2) is 6.17. The van der Waals surface area contributed by atoms with Crippen molar-refractivity contribution in [2.75, 3.05) is 4.90 Å². The largest absolute Gasteiger partial charge is 0.387 e. The lowest BCUT2D eigenvalue weighted by Crippen LogP contribution is -2.29. The van der Waals surface area contributed by atoms with Gasteiger partial charge >= 0.3 is 0 Å². The Morgan fingerprint density at radius 3 is 2.53 bits per heavy atom. The van der Waals surface area contributed by atoms with Crippen LogP contribution < -0.4 is 4.90 Å². The Hall–Kier alpha value is -1.39. The molecule has 0 saturated carbocycles. The van der Waals surface area contributed by atoms with Crippen LogP contribution in [0.3, 0.4) is 0 Å². The summed E-state index contributed by atoms with van der Waals surface area (Å²) in [6.45, 7) is 6.98. The molecule has 0 amide bonds. The van der Waals surface area contributed by atoms with Crippen LogP contribution in [-0.2, 0) is 6.54 Å². The maximum atomic E-state index is 9.50. The average molecular weight is 276 g/mol. The molecule has 4 heteroatoms. The van der Waals surface area contributed by atoms with Gasteiger partial charge in [0.05, 0.1) is 30.2 Å². The molecule has 0 saturated heterocycles. The molecule has 2 rings (SSSR count). The summed E-state index contributed by atoms with van der Waals surface area (Å²) in [6.07, 6.45) is 1.33. The smallest absolute Gasteiger partial charge is 0.0931 e. The Morgan fingerprint density at radius 1 is 1.26 bits per heavy atom. The van der Waals surface area contributed by atoms with Crippen molar-refractivity contribution in [1.82, 2.24) is 4.98 Å². The summed E-state index contributed by atoms with van der Waals surface area (Å²) in [5.41, 5.74) is 1.80. The van der Waals surface area contributed by atoms with Crippen molar-refractivity contribution in [3.63, 3.8) is 0 Å². The molecule has 1 N–H and O–H groups in total. The van der Waals surface area contributed by atoms with E-state index in [-0.39, 0.29) is 0 Å². The highest BCUT2D eigenvalue weighted by Gasteiger charge is 2.13. The van der Waals surface area contributed by atoms with E-state index in [0.717, 1.165) is 12.2 Å². The maximum absolute atomic E-state index is 9.50. The van der Waals surface area contributed by atoms with Crippen molar-refractivity contribution in [2.24, 2.45) is 0 Å². The first-order chi connectivity index (χ1) is 9.08. The molecule has 0 radical (unpaired) electrons. The van der Waals surface area contributed by atoms with Gasteiger partial charge in [0.25, 0.3) is 0 Å². The fraction of sp³-hybridized carbons (Fsp3) is 0.400. The molecule has 0 unspecified atom stereocenters. The topological polar surface area (TPSA) is 36.4 Å². The molecule has 0 fully saturated rings. The number of rotatable bonds is 5. The lowest BCUT2D eigenvalue weighted by atomic mass is 10.2. The van der Waals surface area contributed by atoms with Crippen molar-refractivity contribution in [3.05, 3.63) is 46.4 Å². The van der Waals surface area contributed by atoms with E-state index in [1.165, 1.54) is 4.88 Å². The van der Waals surface area contributed by atoms with Crippen molar-refractivity contribution in [1.29, 1.82) is 0 Å². The van der Waals surface area contributed by atoms with E-state index in [0.29, 0.717) is 11.7 Å². The van der Waals surface area contributed by atoms with Gasteiger partial charge in [-0.1, -0.05) is 6.07 Å². The monoisotopic (exact) mass is 276 g/mol. The lowest BCUT2D eigenvalue weighted by molar-refractivity contribution is 0.194. The number of hydrogen-bond acceptors (Lipinski definition) is 4. The quantitative estimate of drug-likeness (QED) is 0.906. The molecule has 19 heavy (non-hydrogen) atoms. The van der Waals surface area contributed by atoms with E-state index in [1.807, 2.05) is 18.3 Å². The Balaban J connectivity index is 2.19. The van der Waals surface area contributed by atoms with E-state index in [9.17, 15) is 5.11 Å². The van der Waals surface area contributed by atoms with Gasteiger partial charge < -0.3 is 10.0 Å². The summed E-state index contributed by atoms with van der Waals surface area (Å²) in [7, 11) is 0. The minimum Gasteiger partial charge on any atom is -0.387 e. The predicted octanol–water partition coefficient (Wildman–Crippen LogP) is 3.61. The Morgan fingerprint density at radius 2 is 2.05 bits per heavy atom. The zero-order valence-corrected chi connectivity index (χ0v) is 12.4. The van der Waals surface area contributed by atoms with E-state index in [1.54, 1.807) is 18.3 Å². The number of pyridine rings is 1. The number of anilines is 1. The number of aliphatic hydroxyl groups excluding tert-OH is 1. The average Bonchev–Trinajstić information content (AvgIpc) is 2.88. The van der Waals surface area contributed by atoms with Crippen molar-refractivity contribution in [2.45, 2.75) is 39.5 Å². The zero-order valence-electron chi connectivity index (χ0n) is 11.6. The van der Waals surface area contributed by atoms with Crippen LogP contribution in [0.25, 0.3) is 0 Å². The van der Waals surface area contributed by atoms with Crippen LogP contribution >= 0.6 is 11.3 Å². The van der Waals surface area contributed by atoms with Crippen LogP contribution in [-0.4, -0.2) is 16.1 Å². The van der Waals surface area contributed by atoms with Gasteiger partial charge in [-0.25, -0.2) is 0 Å². The molecule has 0 spiro atoms. The molecule has 2 heterocycles. The summed E-state index contributed by atoms with van der Waals surface area (Å²) in [5, 5.41) is 11.6.